The molecule has 2 N–H and O–H groups in total. The Hall–Kier alpha value is -0.260. The first-order valence-electron chi connectivity index (χ1n) is 6.30. The van der Waals surface area contributed by atoms with E-state index in [1.807, 2.05) is 6.92 Å². The third-order valence-electron chi connectivity index (χ3n) is 2.99. The summed E-state index contributed by atoms with van der Waals surface area (Å²) in [4.78, 5) is 0. The largest absolute Gasteiger partial charge is 0.394 e. The van der Waals surface area contributed by atoms with Gasteiger partial charge in [-0.15, -0.1) is 0 Å². The highest BCUT2D eigenvalue weighted by atomic mass is 19.3. The van der Waals surface area contributed by atoms with Crippen LogP contribution in [0.2, 0.25) is 0 Å². The third-order valence-corrected chi connectivity index (χ3v) is 2.99. The molecule has 3 nitrogen and oxygen atoms in total. The van der Waals surface area contributed by atoms with Crippen molar-refractivity contribution in [2.75, 3.05) is 19.8 Å². The lowest BCUT2D eigenvalue weighted by Gasteiger charge is -2.29. The molecule has 1 aliphatic rings. The van der Waals surface area contributed by atoms with Crippen molar-refractivity contribution in [2.24, 2.45) is 0 Å². The van der Waals surface area contributed by atoms with Crippen molar-refractivity contribution in [3.63, 3.8) is 0 Å². The molecule has 0 spiro atoms. The molecule has 1 rings (SSSR count). The molecule has 1 atom stereocenters. The van der Waals surface area contributed by atoms with Gasteiger partial charge in [0.1, 0.15) is 6.61 Å². The van der Waals surface area contributed by atoms with E-state index in [1.165, 1.54) is 12.8 Å². The van der Waals surface area contributed by atoms with Gasteiger partial charge in [0.25, 0.3) is 6.43 Å². The average molecular weight is 251 g/mol. The zero-order chi connectivity index (χ0) is 12.7. The summed E-state index contributed by atoms with van der Waals surface area (Å²) in [5.41, 5.74) is -0.232. The summed E-state index contributed by atoms with van der Waals surface area (Å²) in [5.74, 6) is 0. The van der Waals surface area contributed by atoms with Crippen molar-refractivity contribution in [1.29, 1.82) is 0 Å². The Morgan fingerprint density at radius 2 is 2.12 bits per heavy atom. The van der Waals surface area contributed by atoms with E-state index in [0.717, 1.165) is 19.3 Å². The highest BCUT2D eigenvalue weighted by Crippen LogP contribution is 2.24. The molecule has 0 heterocycles. The van der Waals surface area contributed by atoms with Gasteiger partial charge in [-0.2, -0.15) is 0 Å². The molecular formula is C12H23F2NO2. The number of nitrogens with one attached hydrogen (secondary N) is 1. The number of hydrogen-bond donors (Lipinski definition) is 2. The van der Waals surface area contributed by atoms with Gasteiger partial charge in [0.2, 0.25) is 0 Å². The number of halogens is 2. The van der Waals surface area contributed by atoms with Gasteiger partial charge in [0, 0.05) is 18.2 Å². The van der Waals surface area contributed by atoms with Crippen LogP contribution in [0, 0.1) is 0 Å². The molecule has 102 valence electrons. The summed E-state index contributed by atoms with van der Waals surface area (Å²) in [5, 5.41) is 12.8. The Morgan fingerprint density at radius 1 is 1.41 bits per heavy atom. The zero-order valence-corrected chi connectivity index (χ0v) is 10.4. The van der Waals surface area contributed by atoms with Gasteiger partial charge in [-0.3, -0.25) is 0 Å². The first kappa shape index (κ1) is 14.8. The van der Waals surface area contributed by atoms with Crippen molar-refractivity contribution in [3.8, 4) is 0 Å². The van der Waals surface area contributed by atoms with Crippen molar-refractivity contribution >= 4 is 0 Å². The molecule has 0 radical (unpaired) electrons. The number of aliphatic hydroxyl groups excluding tert-OH is 1. The minimum atomic E-state index is -2.38. The molecule has 17 heavy (non-hydrogen) atoms. The van der Waals surface area contributed by atoms with E-state index >= 15 is 0 Å². The van der Waals surface area contributed by atoms with Gasteiger partial charge in [-0.05, 0) is 39.0 Å². The van der Waals surface area contributed by atoms with Crippen LogP contribution in [0.1, 0.15) is 39.0 Å². The maximum Gasteiger partial charge on any atom is 0.261 e. The van der Waals surface area contributed by atoms with Gasteiger partial charge >= 0.3 is 0 Å². The lowest BCUT2D eigenvalue weighted by Crippen LogP contribution is -2.46. The summed E-state index contributed by atoms with van der Waals surface area (Å²) in [7, 11) is 0. The molecular weight excluding hydrogens is 228 g/mol. The number of rotatable bonds is 10. The van der Waals surface area contributed by atoms with Crippen molar-refractivity contribution in [3.05, 3.63) is 0 Å². The van der Waals surface area contributed by atoms with E-state index in [0.29, 0.717) is 12.6 Å². The van der Waals surface area contributed by atoms with Crippen LogP contribution >= 0.6 is 0 Å². The second-order valence-corrected chi connectivity index (χ2v) is 5.06. The fraction of sp³-hybridized carbons (Fsp3) is 1.00. The standard InChI is InChI=1S/C12H23F2NO2/c1-12(9-16,15-10-4-5-10)6-2-3-7-17-8-11(13)14/h10-11,15-16H,2-9H2,1H3. The van der Waals surface area contributed by atoms with Crippen LogP contribution in [0.25, 0.3) is 0 Å². The Labute approximate surface area is 102 Å². The molecule has 0 aromatic carbocycles. The van der Waals surface area contributed by atoms with E-state index in [1.54, 1.807) is 0 Å². The smallest absolute Gasteiger partial charge is 0.261 e. The molecule has 0 aromatic heterocycles. The first-order chi connectivity index (χ1) is 8.06. The van der Waals surface area contributed by atoms with Gasteiger partial charge in [-0.1, -0.05) is 0 Å². The Balaban J connectivity index is 2.02. The first-order valence-corrected chi connectivity index (χ1v) is 6.30. The lowest BCUT2D eigenvalue weighted by atomic mass is 9.95. The van der Waals surface area contributed by atoms with Crippen LogP contribution in [0.15, 0.2) is 0 Å². The minimum absolute atomic E-state index is 0.112. The van der Waals surface area contributed by atoms with Crippen molar-refractivity contribution in [2.45, 2.75) is 57.0 Å². The summed E-state index contributed by atoms with van der Waals surface area (Å²) >= 11 is 0. The van der Waals surface area contributed by atoms with Crippen LogP contribution in [-0.4, -0.2) is 42.9 Å². The van der Waals surface area contributed by atoms with Crippen LogP contribution in [-0.2, 0) is 4.74 Å². The molecule has 1 saturated carbocycles. The maximum atomic E-state index is 11.8. The zero-order valence-electron chi connectivity index (χ0n) is 10.4. The second kappa shape index (κ2) is 7.24. The normalized spacial score (nSPS) is 19.6. The van der Waals surface area contributed by atoms with Gasteiger partial charge < -0.3 is 15.2 Å². The Morgan fingerprint density at radius 3 is 2.65 bits per heavy atom. The SMILES string of the molecule is CC(CO)(CCCCOCC(F)F)NC1CC1. The summed E-state index contributed by atoms with van der Waals surface area (Å²) < 4.78 is 28.3. The third kappa shape index (κ3) is 6.91. The van der Waals surface area contributed by atoms with Gasteiger partial charge in [0.05, 0.1) is 6.61 Å². The molecule has 1 aliphatic carbocycles. The molecule has 0 saturated heterocycles. The van der Waals surface area contributed by atoms with E-state index in [-0.39, 0.29) is 12.1 Å². The molecule has 0 aromatic rings. The number of hydrogen-bond acceptors (Lipinski definition) is 3. The number of alkyl halides is 2. The van der Waals surface area contributed by atoms with Crippen LogP contribution in [0.5, 0.6) is 0 Å². The highest BCUT2D eigenvalue weighted by Gasteiger charge is 2.31. The topological polar surface area (TPSA) is 41.5 Å². The fourth-order valence-corrected chi connectivity index (χ4v) is 1.81. The number of ether oxygens (including phenoxy) is 1. The van der Waals surface area contributed by atoms with E-state index in [2.05, 4.69) is 5.32 Å². The number of unbranched alkanes of at least 4 members (excludes halogenated alkanes) is 1. The quantitative estimate of drug-likeness (QED) is 0.583. The highest BCUT2D eigenvalue weighted by molar-refractivity contribution is 4.92. The van der Waals surface area contributed by atoms with E-state index in [4.69, 9.17) is 4.74 Å². The second-order valence-electron chi connectivity index (χ2n) is 5.06. The fourth-order valence-electron chi connectivity index (χ4n) is 1.81. The maximum absolute atomic E-state index is 11.8. The van der Waals surface area contributed by atoms with Crippen LogP contribution in [0.3, 0.4) is 0 Å². The molecule has 0 aliphatic heterocycles. The Kier molecular flexibility index (Phi) is 6.30. The monoisotopic (exact) mass is 251 g/mol. The molecule has 0 bridgehead atoms. The molecule has 1 fully saturated rings. The number of aliphatic hydroxyl groups is 1. The summed E-state index contributed by atoms with van der Waals surface area (Å²) in [6.07, 6.45) is 2.47. The minimum Gasteiger partial charge on any atom is -0.394 e. The van der Waals surface area contributed by atoms with E-state index in [9.17, 15) is 13.9 Å². The molecule has 1 unspecified atom stereocenters. The summed E-state index contributed by atoms with van der Waals surface area (Å²) in [6.45, 7) is 2.01. The lowest BCUT2D eigenvalue weighted by molar-refractivity contribution is 0.0155. The van der Waals surface area contributed by atoms with Crippen LogP contribution < -0.4 is 5.32 Å². The predicted octanol–water partition coefficient (Wildman–Crippen LogP) is 1.94. The van der Waals surface area contributed by atoms with E-state index < -0.39 is 13.0 Å². The van der Waals surface area contributed by atoms with Gasteiger partial charge in [0.15, 0.2) is 0 Å². The summed E-state index contributed by atoms with van der Waals surface area (Å²) in [6, 6.07) is 0.558. The van der Waals surface area contributed by atoms with Crippen molar-refractivity contribution in [1.82, 2.24) is 5.32 Å². The predicted molar refractivity (Wildman–Crippen MR) is 62.3 cm³/mol. The van der Waals surface area contributed by atoms with Crippen LogP contribution in [0.4, 0.5) is 8.78 Å². The molecule has 0 amide bonds. The van der Waals surface area contributed by atoms with Crippen molar-refractivity contribution < 1.29 is 18.6 Å². The van der Waals surface area contributed by atoms with Gasteiger partial charge in [-0.25, -0.2) is 8.78 Å². The Bertz CT molecular complexity index is 213. The average Bonchev–Trinajstić information content (AvgIpc) is 3.06. The molecule has 5 heteroatoms.